The molecular weight excluding hydrogens is 416 g/mol. The lowest BCUT2D eigenvalue weighted by Crippen LogP contribution is -2.20. The molecule has 0 amide bonds. The lowest BCUT2D eigenvalue weighted by Gasteiger charge is -2.22. The van der Waals surface area contributed by atoms with Gasteiger partial charge in [-0.05, 0) is 36.5 Å². The van der Waals surface area contributed by atoms with Crippen LogP contribution in [0, 0.1) is 0 Å². The van der Waals surface area contributed by atoms with E-state index in [1.807, 2.05) is 53.6 Å². The van der Waals surface area contributed by atoms with Gasteiger partial charge in [-0.3, -0.25) is 9.99 Å². The summed E-state index contributed by atoms with van der Waals surface area (Å²) in [6, 6.07) is 11.9. The molecule has 0 spiro atoms. The predicted octanol–water partition coefficient (Wildman–Crippen LogP) is 4.29. The summed E-state index contributed by atoms with van der Waals surface area (Å²) in [5.41, 5.74) is 4.19. The summed E-state index contributed by atoms with van der Waals surface area (Å²) < 4.78 is 13.2. The molecule has 0 fully saturated rings. The minimum Gasteiger partial charge on any atom is -0.260 e. The normalized spacial score (nSPS) is 14.7. The first-order valence-corrected chi connectivity index (χ1v) is 10.9. The molecule has 8 heteroatoms. The van der Waals surface area contributed by atoms with Gasteiger partial charge in [-0.15, -0.1) is 19.4 Å². The summed E-state index contributed by atoms with van der Waals surface area (Å²) in [4.78, 5) is 4.35. The second kappa shape index (κ2) is 8.94. The highest BCUT2D eigenvalue weighted by Gasteiger charge is 2.16. The number of hydrazone groups is 1. The number of benzene rings is 1. The maximum Gasteiger partial charge on any atom is 0.147 e. The van der Waals surface area contributed by atoms with Crippen molar-refractivity contribution in [2.24, 2.45) is 5.10 Å². The highest BCUT2D eigenvalue weighted by molar-refractivity contribution is 7.27. The van der Waals surface area contributed by atoms with Crippen LogP contribution in [0.2, 0.25) is 0 Å². The number of rotatable bonds is 6. The Bertz CT molecular complexity index is 1100. The third kappa shape index (κ3) is 4.86. The first-order valence-electron chi connectivity index (χ1n) is 9.49. The molecule has 0 N–H and O–H groups in total. The van der Waals surface area contributed by atoms with Gasteiger partial charge in [0.2, 0.25) is 0 Å². The summed E-state index contributed by atoms with van der Waals surface area (Å²) in [5, 5.41) is 18.0. The van der Waals surface area contributed by atoms with Gasteiger partial charge in [0.05, 0.1) is 18.0 Å². The molecular formula is C22H21FN5PS. The van der Waals surface area contributed by atoms with Gasteiger partial charge in [-0.2, -0.15) is 5.10 Å². The number of aromatic nitrogens is 3. The van der Waals surface area contributed by atoms with Crippen LogP contribution in [0.25, 0.3) is 10.6 Å². The number of hydrogen-bond acceptors (Lipinski definition) is 6. The van der Waals surface area contributed by atoms with Crippen LogP contribution in [-0.4, -0.2) is 32.1 Å². The second-order valence-corrected chi connectivity index (χ2v) is 8.74. The highest BCUT2D eigenvalue weighted by atomic mass is 32.1. The lowest BCUT2D eigenvalue weighted by molar-refractivity contribution is 0.357. The molecule has 5 nitrogen and oxygen atoms in total. The van der Waals surface area contributed by atoms with E-state index in [-0.39, 0.29) is 0 Å². The Morgan fingerprint density at radius 2 is 1.87 bits per heavy atom. The van der Waals surface area contributed by atoms with Crippen molar-refractivity contribution in [1.29, 1.82) is 0 Å². The van der Waals surface area contributed by atoms with Crippen molar-refractivity contribution in [3.8, 4) is 10.6 Å². The summed E-state index contributed by atoms with van der Waals surface area (Å²) >= 11 is 1.54. The maximum absolute atomic E-state index is 13.2. The molecule has 2 atom stereocenters. The van der Waals surface area contributed by atoms with E-state index in [2.05, 4.69) is 31.0 Å². The largest absolute Gasteiger partial charge is 0.260 e. The van der Waals surface area contributed by atoms with E-state index in [0.29, 0.717) is 13.0 Å². The van der Waals surface area contributed by atoms with Crippen LogP contribution in [-0.2, 0) is 13.0 Å². The molecule has 30 heavy (non-hydrogen) atoms. The molecule has 0 saturated heterocycles. The zero-order valence-electron chi connectivity index (χ0n) is 16.5. The Morgan fingerprint density at radius 1 is 1.10 bits per heavy atom. The molecule has 1 aliphatic rings. The minimum absolute atomic E-state index is 0.310. The summed E-state index contributed by atoms with van der Waals surface area (Å²) in [6.07, 6.45) is 4.95. The Labute approximate surface area is 181 Å². The molecule has 0 bridgehead atoms. The maximum atomic E-state index is 13.2. The predicted molar refractivity (Wildman–Crippen MR) is 124 cm³/mol. The molecule has 1 aromatic carbocycles. The quantitative estimate of drug-likeness (QED) is 0.540. The van der Waals surface area contributed by atoms with Crippen molar-refractivity contribution in [2.75, 3.05) is 0 Å². The average molecular weight is 437 g/mol. The van der Waals surface area contributed by atoms with Gasteiger partial charge in [-0.1, -0.05) is 42.2 Å². The average Bonchev–Trinajstić information content (AvgIpc) is 3.19. The topological polar surface area (TPSA) is 54.3 Å². The Hall–Kier alpha value is -2.76. The third-order valence-electron chi connectivity index (χ3n) is 4.51. The van der Waals surface area contributed by atoms with Crippen molar-refractivity contribution in [1.82, 2.24) is 20.2 Å². The molecule has 3 heterocycles. The smallest absolute Gasteiger partial charge is 0.147 e. The molecule has 3 aromatic rings. The Morgan fingerprint density at radius 3 is 2.57 bits per heavy atom. The van der Waals surface area contributed by atoms with Crippen LogP contribution in [0.3, 0.4) is 0 Å². The van der Waals surface area contributed by atoms with E-state index in [4.69, 9.17) is 5.10 Å². The Balaban J connectivity index is 1.50. The van der Waals surface area contributed by atoms with Gasteiger partial charge in [0.1, 0.15) is 16.2 Å². The van der Waals surface area contributed by atoms with Crippen molar-refractivity contribution < 1.29 is 4.39 Å². The van der Waals surface area contributed by atoms with Gasteiger partial charge in [0, 0.05) is 29.4 Å². The molecule has 2 unspecified atom stereocenters. The van der Waals surface area contributed by atoms with E-state index in [1.54, 1.807) is 6.20 Å². The van der Waals surface area contributed by atoms with Gasteiger partial charge >= 0.3 is 0 Å². The van der Waals surface area contributed by atoms with E-state index in [0.717, 1.165) is 43.5 Å². The van der Waals surface area contributed by atoms with Crippen molar-refractivity contribution in [3.05, 3.63) is 83.3 Å². The number of halogens is 1. The first-order chi connectivity index (χ1) is 14.5. The highest BCUT2D eigenvalue weighted by Crippen LogP contribution is 2.25. The number of nitrogens with zero attached hydrogens (tertiary/aromatic N) is 5. The zero-order chi connectivity index (χ0) is 21.1. The number of pyridine rings is 1. The second-order valence-electron chi connectivity index (χ2n) is 7.01. The van der Waals surface area contributed by atoms with Gasteiger partial charge in [0.25, 0.3) is 0 Å². The fraction of sp³-hybridized carbons (Fsp3) is 0.182. The van der Waals surface area contributed by atoms with Gasteiger partial charge in [-0.25, -0.2) is 4.39 Å². The van der Waals surface area contributed by atoms with E-state index >= 15 is 0 Å². The zero-order valence-corrected chi connectivity index (χ0v) is 18.5. The fourth-order valence-corrected chi connectivity index (χ4v) is 3.97. The monoisotopic (exact) mass is 437 g/mol. The lowest BCUT2D eigenvalue weighted by atomic mass is 10.1. The summed E-state index contributed by atoms with van der Waals surface area (Å²) in [6.45, 7) is 6.08. The van der Waals surface area contributed by atoms with Crippen LogP contribution < -0.4 is 5.30 Å². The first kappa shape index (κ1) is 20.5. The number of alkyl halides is 1. The minimum atomic E-state index is -0.912. The molecule has 0 saturated carbocycles. The summed E-state index contributed by atoms with van der Waals surface area (Å²) in [5.74, 6) is 0. The van der Waals surface area contributed by atoms with Crippen LogP contribution in [0.1, 0.15) is 23.2 Å². The SMILES string of the molecule is C=C1C=CC(c2ccc(CC(C)F)nc2)=NN1Cc1nnc(-c2ccc(P)cc2)s1. The van der Waals surface area contributed by atoms with Crippen molar-refractivity contribution in [3.63, 3.8) is 0 Å². The summed E-state index contributed by atoms with van der Waals surface area (Å²) in [7, 11) is 2.68. The number of allylic oxidation sites excluding steroid dienone is 2. The standard InChI is InChI=1S/C22H21FN5PS/c1-14(23)11-18-7-4-17(12-24-18)20-10-3-15(2)28(27-20)13-21-25-26-22(30-21)16-5-8-19(29)9-6-16/h3-10,12,14H,2,11,13,29H2,1H3. The fourth-order valence-electron chi connectivity index (χ4n) is 2.95. The van der Waals surface area contributed by atoms with Gasteiger partial charge in [0.15, 0.2) is 0 Å². The Kier molecular flexibility index (Phi) is 6.11. The molecule has 0 aliphatic carbocycles. The van der Waals surface area contributed by atoms with Gasteiger partial charge < -0.3 is 0 Å². The van der Waals surface area contributed by atoms with Crippen LogP contribution in [0.5, 0.6) is 0 Å². The van der Waals surface area contributed by atoms with Crippen molar-refractivity contribution >= 4 is 31.6 Å². The molecule has 1 aliphatic heterocycles. The van der Waals surface area contributed by atoms with E-state index < -0.39 is 6.17 Å². The molecule has 152 valence electrons. The third-order valence-corrected chi connectivity index (χ3v) is 5.86. The van der Waals surface area contributed by atoms with Crippen molar-refractivity contribution in [2.45, 2.75) is 26.1 Å². The molecule has 0 radical (unpaired) electrons. The number of hydrogen-bond donors (Lipinski definition) is 0. The van der Waals surface area contributed by atoms with E-state index in [9.17, 15) is 4.39 Å². The molecule has 2 aromatic heterocycles. The van der Waals surface area contributed by atoms with Crippen LogP contribution >= 0.6 is 20.6 Å². The van der Waals surface area contributed by atoms with E-state index in [1.165, 1.54) is 18.3 Å². The van der Waals surface area contributed by atoms with Crippen LogP contribution in [0.4, 0.5) is 4.39 Å². The van der Waals surface area contributed by atoms with Crippen LogP contribution in [0.15, 0.2) is 72.1 Å². The molecule has 4 rings (SSSR count).